The Kier molecular flexibility index (Phi) is 3.99. The van der Waals surface area contributed by atoms with Crippen LogP contribution in [0.3, 0.4) is 0 Å². The van der Waals surface area contributed by atoms with Crippen molar-refractivity contribution in [1.82, 2.24) is 4.98 Å². The average molecular weight is 303 g/mol. The number of carboxylic acids is 1. The molecular weight excluding hydrogens is 291 g/mol. The molecule has 0 aliphatic carbocycles. The van der Waals surface area contributed by atoms with Crippen LogP contribution in [0.4, 0.5) is 13.2 Å². The number of nitrogens with zero attached hydrogens (tertiary/aromatic N) is 1. The Labute approximate surface area is 117 Å². The topological polar surface area (TPSA) is 50.2 Å². The van der Waals surface area contributed by atoms with E-state index in [1.165, 1.54) is 17.4 Å². The summed E-state index contributed by atoms with van der Waals surface area (Å²) in [6.45, 7) is 1.78. The van der Waals surface area contributed by atoms with Gasteiger partial charge in [-0.3, -0.25) is 4.79 Å². The fraction of sp³-hybridized carbons (Fsp3) is 0.385. The minimum Gasteiger partial charge on any atom is -0.481 e. The van der Waals surface area contributed by atoms with Gasteiger partial charge in [0.1, 0.15) is 0 Å². The lowest BCUT2D eigenvalue weighted by molar-refractivity contribution is -0.138. The van der Waals surface area contributed by atoms with Crippen molar-refractivity contribution in [3.8, 4) is 0 Å². The summed E-state index contributed by atoms with van der Waals surface area (Å²) in [6, 6.07) is 3.46. The molecular formula is C13H12F3NO2S. The Hall–Kier alpha value is -1.63. The van der Waals surface area contributed by atoms with Crippen LogP contribution in [0.5, 0.6) is 0 Å². The van der Waals surface area contributed by atoms with Crippen LogP contribution in [0.1, 0.15) is 23.9 Å². The summed E-state index contributed by atoms with van der Waals surface area (Å²) in [7, 11) is 0. The standard InChI is InChI=1S/C13H12F3NO2S/c1-7(5-12(18)19)4-11-17-9-6-8(13(14,15)16)2-3-10(9)20-11/h2-3,6-7H,4-5H2,1H3,(H,18,19). The average Bonchev–Trinajstić information content (AvgIpc) is 2.66. The molecule has 2 aromatic rings. The van der Waals surface area contributed by atoms with Crippen molar-refractivity contribution in [2.45, 2.75) is 25.9 Å². The summed E-state index contributed by atoms with van der Waals surface area (Å²) in [5.74, 6) is -0.992. The van der Waals surface area contributed by atoms with E-state index in [4.69, 9.17) is 5.11 Å². The van der Waals surface area contributed by atoms with Gasteiger partial charge in [0, 0.05) is 12.8 Å². The Bertz CT molecular complexity index is 636. The summed E-state index contributed by atoms with van der Waals surface area (Å²) in [6.07, 6.45) is -3.91. The quantitative estimate of drug-likeness (QED) is 0.930. The number of carbonyl (C=O) groups is 1. The SMILES string of the molecule is CC(CC(=O)O)Cc1nc2cc(C(F)(F)F)ccc2s1. The highest BCUT2D eigenvalue weighted by Gasteiger charge is 2.30. The third-order valence-corrected chi connectivity index (χ3v) is 3.86. The molecule has 108 valence electrons. The van der Waals surface area contributed by atoms with Crippen LogP contribution in [0, 0.1) is 5.92 Å². The molecule has 0 fully saturated rings. The molecule has 0 aliphatic rings. The Balaban J connectivity index is 2.23. The Morgan fingerprint density at radius 1 is 1.45 bits per heavy atom. The predicted octanol–water partition coefficient (Wildman–Crippen LogP) is 3.97. The molecule has 1 atom stereocenters. The van der Waals surface area contributed by atoms with Crippen LogP contribution < -0.4 is 0 Å². The molecule has 0 saturated carbocycles. The van der Waals surface area contributed by atoms with Crippen LogP contribution in [0.25, 0.3) is 10.2 Å². The summed E-state index contributed by atoms with van der Waals surface area (Å²) in [5.41, 5.74) is -0.414. The summed E-state index contributed by atoms with van der Waals surface area (Å²) in [5, 5.41) is 9.35. The third-order valence-electron chi connectivity index (χ3n) is 2.81. The first kappa shape index (κ1) is 14.8. The smallest absolute Gasteiger partial charge is 0.416 e. The van der Waals surface area contributed by atoms with E-state index in [0.717, 1.165) is 12.1 Å². The van der Waals surface area contributed by atoms with Crippen molar-refractivity contribution in [3.05, 3.63) is 28.8 Å². The van der Waals surface area contributed by atoms with Crippen molar-refractivity contribution in [3.63, 3.8) is 0 Å². The van der Waals surface area contributed by atoms with Gasteiger partial charge in [0.2, 0.25) is 0 Å². The second-order valence-corrected chi connectivity index (χ2v) is 5.81. The number of hydrogen-bond acceptors (Lipinski definition) is 3. The monoisotopic (exact) mass is 303 g/mol. The highest BCUT2D eigenvalue weighted by Crippen LogP contribution is 2.33. The van der Waals surface area contributed by atoms with Crippen molar-refractivity contribution in [1.29, 1.82) is 0 Å². The van der Waals surface area contributed by atoms with Crippen LogP contribution in [-0.4, -0.2) is 16.1 Å². The van der Waals surface area contributed by atoms with Gasteiger partial charge < -0.3 is 5.11 Å². The number of benzene rings is 1. The third kappa shape index (κ3) is 3.47. The van der Waals surface area contributed by atoms with Crippen LogP contribution in [0.15, 0.2) is 18.2 Å². The van der Waals surface area contributed by atoms with Gasteiger partial charge in [0.25, 0.3) is 0 Å². The Morgan fingerprint density at radius 2 is 2.15 bits per heavy atom. The molecule has 1 heterocycles. The molecule has 1 aromatic heterocycles. The molecule has 0 bridgehead atoms. The van der Waals surface area contributed by atoms with Gasteiger partial charge in [-0.2, -0.15) is 13.2 Å². The molecule has 2 rings (SSSR count). The molecule has 3 nitrogen and oxygen atoms in total. The van der Waals surface area contributed by atoms with E-state index in [2.05, 4.69) is 4.98 Å². The van der Waals surface area contributed by atoms with Gasteiger partial charge >= 0.3 is 12.1 Å². The summed E-state index contributed by atoms with van der Waals surface area (Å²) >= 11 is 1.30. The van der Waals surface area contributed by atoms with Gasteiger partial charge in [-0.1, -0.05) is 6.92 Å². The number of halogens is 3. The zero-order chi connectivity index (χ0) is 14.9. The second kappa shape index (κ2) is 5.40. The van der Waals surface area contributed by atoms with Gasteiger partial charge in [-0.15, -0.1) is 11.3 Å². The number of aliphatic carboxylic acids is 1. The first-order chi connectivity index (χ1) is 9.25. The van der Waals surface area contributed by atoms with E-state index in [9.17, 15) is 18.0 Å². The number of fused-ring (bicyclic) bond motifs is 1. The van der Waals surface area contributed by atoms with Crippen molar-refractivity contribution in [2.24, 2.45) is 5.92 Å². The molecule has 0 saturated heterocycles. The maximum atomic E-state index is 12.6. The molecule has 0 spiro atoms. The number of carboxylic acid groups (broad SMARTS) is 1. The number of aromatic nitrogens is 1. The lowest BCUT2D eigenvalue weighted by Gasteiger charge is -2.05. The molecule has 1 aromatic carbocycles. The van der Waals surface area contributed by atoms with Gasteiger partial charge in [-0.25, -0.2) is 4.98 Å². The van der Waals surface area contributed by atoms with Crippen molar-refractivity contribution in [2.75, 3.05) is 0 Å². The summed E-state index contributed by atoms with van der Waals surface area (Å²) in [4.78, 5) is 14.7. The minimum absolute atomic E-state index is 0.0176. The van der Waals surface area contributed by atoms with Gasteiger partial charge in [0.15, 0.2) is 0 Å². The lowest BCUT2D eigenvalue weighted by Crippen LogP contribution is -2.06. The maximum Gasteiger partial charge on any atom is 0.416 e. The minimum atomic E-state index is -4.38. The number of thiazole rings is 1. The van der Waals surface area contributed by atoms with Crippen LogP contribution >= 0.6 is 11.3 Å². The molecule has 20 heavy (non-hydrogen) atoms. The maximum absolute atomic E-state index is 12.6. The highest BCUT2D eigenvalue weighted by molar-refractivity contribution is 7.18. The first-order valence-corrected chi connectivity index (χ1v) is 6.76. The van der Waals surface area contributed by atoms with Gasteiger partial charge in [0.05, 0.1) is 20.8 Å². The summed E-state index contributed by atoms with van der Waals surface area (Å²) < 4.78 is 38.4. The van der Waals surface area contributed by atoms with E-state index < -0.39 is 17.7 Å². The molecule has 0 aliphatic heterocycles. The van der Waals surface area contributed by atoms with E-state index in [1.54, 1.807) is 6.92 Å². The molecule has 0 radical (unpaired) electrons. The lowest BCUT2D eigenvalue weighted by atomic mass is 10.1. The molecule has 1 unspecified atom stereocenters. The number of rotatable bonds is 4. The zero-order valence-electron chi connectivity index (χ0n) is 10.6. The van der Waals surface area contributed by atoms with E-state index >= 15 is 0 Å². The number of hydrogen-bond donors (Lipinski definition) is 1. The van der Waals surface area contributed by atoms with E-state index in [1.807, 2.05) is 0 Å². The fourth-order valence-corrected chi connectivity index (χ4v) is 3.02. The Morgan fingerprint density at radius 3 is 2.75 bits per heavy atom. The zero-order valence-corrected chi connectivity index (χ0v) is 11.4. The number of alkyl halides is 3. The normalized spacial score (nSPS) is 13.6. The molecule has 7 heteroatoms. The van der Waals surface area contributed by atoms with Crippen molar-refractivity contribution < 1.29 is 23.1 Å². The predicted molar refractivity (Wildman–Crippen MR) is 69.7 cm³/mol. The fourth-order valence-electron chi connectivity index (χ4n) is 1.91. The first-order valence-electron chi connectivity index (χ1n) is 5.94. The van der Waals surface area contributed by atoms with Gasteiger partial charge in [-0.05, 0) is 24.1 Å². The van der Waals surface area contributed by atoms with Crippen molar-refractivity contribution >= 4 is 27.5 Å². The van der Waals surface area contributed by atoms with E-state index in [-0.39, 0.29) is 12.3 Å². The second-order valence-electron chi connectivity index (χ2n) is 4.70. The molecule has 0 amide bonds. The van der Waals surface area contributed by atoms with Crippen LogP contribution in [0.2, 0.25) is 0 Å². The van der Waals surface area contributed by atoms with Crippen LogP contribution in [-0.2, 0) is 17.4 Å². The van der Waals surface area contributed by atoms with E-state index in [0.29, 0.717) is 21.6 Å². The highest BCUT2D eigenvalue weighted by atomic mass is 32.1. The largest absolute Gasteiger partial charge is 0.481 e. The molecule has 1 N–H and O–H groups in total.